The summed E-state index contributed by atoms with van der Waals surface area (Å²) in [4.78, 5) is 10.4. The predicted molar refractivity (Wildman–Crippen MR) is 34.7 cm³/mol. The molecule has 3 N–H and O–H groups in total. The Morgan fingerprint density at radius 2 is 2.22 bits per heavy atom. The maximum Gasteiger partial charge on any atom is 0.249 e. The molecule has 1 amide bonds. The van der Waals surface area contributed by atoms with E-state index in [0.717, 1.165) is 6.42 Å². The SMILES string of the molecule is CCC[C@@](C)(O)C(N)=O. The molecule has 0 saturated heterocycles. The molecule has 9 heavy (non-hydrogen) atoms. The molecule has 0 radical (unpaired) electrons. The topological polar surface area (TPSA) is 63.3 Å². The van der Waals surface area contributed by atoms with Gasteiger partial charge in [-0.25, -0.2) is 0 Å². The Labute approximate surface area is 54.9 Å². The van der Waals surface area contributed by atoms with Crippen molar-refractivity contribution in [1.82, 2.24) is 0 Å². The van der Waals surface area contributed by atoms with E-state index >= 15 is 0 Å². The van der Waals surface area contributed by atoms with E-state index in [1.54, 1.807) is 0 Å². The summed E-state index contributed by atoms with van der Waals surface area (Å²) in [5, 5.41) is 9.12. The molecule has 0 bridgehead atoms. The molecule has 0 aliphatic rings. The molecule has 3 nitrogen and oxygen atoms in total. The zero-order chi connectivity index (χ0) is 7.49. The van der Waals surface area contributed by atoms with Crippen molar-refractivity contribution in [3.63, 3.8) is 0 Å². The van der Waals surface area contributed by atoms with Crippen LogP contribution in [-0.2, 0) is 4.79 Å². The second kappa shape index (κ2) is 2.82. The maximum atomic E-state index is 10.4. The number of rotatable bonds is 3. The molecule has 0 aliphatic carbocycles. The molecular weight excluding hydrogens is 118 g/mol. The highest BCUT2D eigenvalue weighted by atomic mass is 16.3. The smallest absolute Gasteiger partial charge is 0.249 e. The lowest BCUT2D eigenvalue weighted by Gasteiger charge is -2.16. The Bertz CT molecular complexity index is 110. The summed E-state index contributed by atoms with van der Waals surface area (Å²) in [5.74, 6) is -0.649. The number of aliphatic hydroxyl groups is 1. The average molecular weight is 131 g/mol. The summed E-state index contributed by atoms with van der Waals surface area (Å²) in [6, 6.07) is 0. The van der Waals surface area contributed by atoms with Crippen LogP contribution in [0, 0.1) is 0 Å². The third-order valence-electron chi connectivity index (χ3n) is 1.27. The molecular formula is C6H13NO2. The van der Waals surface area contributed by atoms with Crippen LogP contribution in [0.5, 0.6) is 0 Å². The van der Waals surface area contributed by atoms with Gasteiger partial charge >= 0.3 is 0 Å². The maximum absolute atomic E-state index is 10.4. The highest BCUT2D eigenvalue weighted by Crippen LogP contribution is 2.09. The number of amides is 1. The van der Waals surface area contributed by atoms with Gasteiger partial charge < -0.3 is 10.8 Å². The van der Waals surface area contributed by atoms with Crippen molar-refractivity contribution in [3.05, 3.63) is 0 Å². The second-order valence-corrected chi connectivity index (χ2v) is 2.39. The molecule has 0 fully saturated rings. The Morgan fingerprint density at radius 1 is 1.78 bits per heavy atom. The molecule has 3 heteroatoms. The molecule has 1 atom stereocenters. The van der Waals surface area contributed by atoms with E-state index in [1.807, 2.05) is 6.92 Å². The first-order valence-electron chi connectivity index (χ1n) is 3.03. The minimum Gasteiger partial charge on any atom is -0.380 e. The van der Waals surface area contributed by atoms with Crippen LogP contribution in [0.25, 0.3) is 0 Å². The van der Waals surface area contributed by atoms with Crippen LogP contribution in [0.1, 0.15) is 26.7 Å². The minimum atomic E-state index is -1.31. The number of nitrogens with two attached hydrogens (primary N) is 1. The standard InChI is InChI=1S/C6H13NO2/c1-3-4-6(2,9)5(7)8/h9H,3-4H2,1-2H3,(H2,7,8)/t6-/m1/s1. The first-order chi connectivity index (χ1) is 4.00. The van der Waals surface area contributed by atoms with Crippen molar-refractivity contribution >= 4 is 5.91 Å². The van der Waals surface area contributed by atoms with Crippen LogP contribution in [0.3, 0.4) is 0 Å². The lowest BCUT2D eigenvalue weighted by molar-refractivity contribution is -0.135. The van der Waals surface area contributed by atoms with Crippen LogP contribution < -0.4 is 5.73 Å². The van der Waals surface area contributed by atoms with E-state index in [9.17, 15) is 4.79 Å². The molecule has 0 aromatic carbocycles. The Hall–Kier alpha value is -0.570. The predicted octanol–water partition coefficient (Wildman–Crippen LogP) is 0.0228. The van der Waals surface area contributed by atoms with Gasteiger partial charge in [-0.05, 0) is 13.3 Å². The Morgan fingerprint density at radius 3 is 2.33 bits per heavy atom. The fourth-order valence-corrected chi connectivity index (χ4v) is 0.610. The monoisotopic (exact) mass is 131 g/mol. The van der Waals surface area contributed by atoms with Gasteiger partial charge in [0.05, 0.1) is 0 Å². The molecule has 0 spiro atoms. The van der Waals surface area contributed by atoms with Gasteiger partial charge in [0.2, 0.25) is 5.91 Å². The molecule has 0 heterocycles. The summed E-state index contributed by atoms with van der Waals surface area (Å²) in [6.07, 6.45) is 1.19. The molecule has 0 aromatic heterocycles. The van der Waals surface area contributed by atoms with Crippen LogP contribution in [-0.4, -0.2) is 16.6 Å². The van der Waals surface area contributed by atoms with Crippen molar-refractivity contribution in [1.29, 1.82) is 0 Å². The number of carbonyl (C=O) groups is 1. The van der Waals surface area contributed by atoms with Crippen LogP contribution >= 0.6 is 0 Å². The molecule has 0 aliphatic heterocycles. The Kier molecular flexibility index (Phi) is 2.65. The minimum absolute atomic E-state index is 0.433. The highest BCUT2D eigenvalue weighted by Gasteiger charge is 2.25. The van der Waals surface area contributed by atoms with Gasteiger partial charge in [-0.1, -0.05) is 13.3 Å². The van der Waals surface area contributed by atoms with E-state index in [0.29, 0.717) is 6.42 Å². The van der Waals surface area contributed by atoms with Gasteiger partial charge in [0.15, 0.2) is 0 Å². The fourth-order valence-electron chi connectivity index (χ4n) is 0.610. The van der Waals surface area contributed by atoms with E-state index < -0.39 is 11.5 Å². The van der Waals surface area contributed by atoms with Gasteiger partial charge in [-0.2, -0.15) is 0 Å². The summed E-state index contributed by atoms with van der Waals surface area (Å²) in [6.45, 7) is 3.32. The zero-order valence-corrected chi connectivity index (χ0v) is 5.85. The summed E-state index contributed by atoms with van der Waals surface area (Å²) in [7, 11) is 0. The van der Waals surface area contributed by atoms with E-state index in [4.69, 9.17) is 10.8 Å². The van der Waals surface area contributed by atoms with E-state index in [-0.39, 0.29) is 0 Å². The quantitative estimate of drug-likeness (QED) is 0.567. The first kappa shape index (κ1) is 8.43. The van der Waals surface area contributed by atoms with Gasteiger partial charge in [0.1, 0.15) is 5.60 Å². The van der Waals surface area contributed by atoms with Crippen LogP contribution in [0.2, 0.25) is 0 Å². The third-order valence-corrected chi connectivity index (χ3v) is 1.27. The molecule has 0 unspecified atom stereocenters. The van der Waals surface area contributed by atoms with Crippen molar-refractivity contribution < 1.29 is 9.90 Å². The van der Waals surface area contributed by atoms with Gasteiger partial charge in [0, 0.05) is 0 Å². The largest absolute Gasteiger partial charge is 0.380 e. The Balaban J connectivity index is 3.85. The van der Waals surface area contributed by atoms with Crippen LogP contribution in [0.15, 0.2) is 0 Å². The molecule has 0 aromatic rings. The lowest BCUT2D eigenvalue weighted by atomic mass is 10.0. The second-order valence-electron chi connectivity index (χ2n) is 2.39. The van der Waals surface area contributed by atoms with Crippen molar-refractivity contribution in [2.75, 3.05) is 0 Å². The number of primary amides is 1. The summed E-state index contributed by atoms with van der Waals surface area (Å²) < 4.78 is 0. The average Bonchev–Trinajstić information content (AvgIpc) is 1.65. The van der Waals surface area contributed by atoms with Gasteiger partial charge in [-0.15, -0.1) is 0 Å². The highest BCUT2D eigenvalue weighted by molar-refractivity contribution is 5.82. The van der Waals surface area contributed by atoms with Gasteiger partial charge in [-0.3, -0.25) is 4.79 Å². The van der Waals surface area contributed by atoms with Crippen molar-refractivity contribution in [2.45, 2.75) is 32.3 Å². The number of carbonyl (C=O) groups excluding carboxylic acids is 1. The molecule has 0 rings (SSSR count). The van der Waals surface area contributed by atoms with Crippen molar-refractivity contribution in [2.24, 2.45) is 5.73 Å². The van der Waals surface area contributed by atoms with Gasteiger partial charge in [0.25, 0.3) is 0 Å². The lowest BCUT2D eigenvalue weighted by Crippen LogP contribution is -2.40. The van der Waals surface area contributed by atoms with Crippen molar-refractivity contribution in [3.8, 4) is 0 Å². The van der Waals surface area contributed by atoms with E-state index in [2.05, 4.69) is 0 Å². The summed E-state index contributed by atoms with van der Waals surface area (Å²) >= 11 is 0. The van der Waals surface area contributed by atoms with E-state index in [1.165, 1.54) is 6.92 Å². The van der Waals surface area contributed by atoms with Crippen LogP contribution in [0.4, 0.5) is 0 Å². The normalized spacial score (nSPS) is 16.8. The fraction of sp³-hybridized carbons (Fsp3) is 0.833. The molecule has 0 saturated carbocycles. The third kappa shape index (κ3) is 2.46. The number of hydrogen-bond donors (Lipinski definition) is 2. The number of hydrogen-bond acceptors (Lipinski definition) is 2. The zero-order valence-electron chi connectivity index (χ0n) is 5.85. The first-order valence-corrected chi connectivity index (χ1v) is 3.03. The summed E-state index contributed by atoms with van der Waals surface area (Å²) in [5.41, 5.74) is 3.56. The molecule has 54 valence electrons.